The first-order valence-electron chi connectivity index (χ1n) is 6.60. The van der Waals surface area contributed by atoms with Crippen LogP contribution in [0, 0.1) is 0 Å². The van der Waals surface area contributed by atoms with Gasteiger partial charge >= 0.3 is 0 Å². The molecule has 110 valence electrons. The lowest BCUT2D eigenvalue weighted by atomic mass is 10.3. The van der Waals surface area contributed by atoms with E-state index in [1.807, 2.05) is 29.8 Å². The molecular formula is C13H20N4O2S. The monoisotopic (exact) mass is 296 g/mol. The van der Waals surface area contributed by atoms with Gasteiger partial charge in [0.25, 0.3) is 0 Å². The van der Waals surface area contributed by atoms with Gasteiger partial charge in [-0.3, -0.25) is 9.20 Å². The Balaban J connectivity index is 1.86. The number of methoxy groups -OCH3 is 1. The molecule has 0 bridgehead atoms. The van der Waals surface area contributed by atoms with Gasteiger partial charge < -0.3 is 15.4 Å². The van der Waals surface area contributed by atoms with Gasteiger partial charge in [-0.25, -0.2) is 0 Å². The molecule has 6 nitrogen and oxygen atoms in total. The van der Waals surface area contributed by atoms with Crippen molar-refractivity contribution >= 4 is 22.2 Å². The van der Waals surface area contributed by atoms with Crippen molar-refractivity contribution in [3.8, 4) is 5.88 Å². The first-order valence-corrected chi connectivity index (χ1v) is 7.48. The molecule has 0 saturated heterocycles. The summed E-state index contributed by atoms with van der Waals surface area (Å²) < 4.78 is 7.28. The van der Waals surface area contributed by atoms with Crippen molar-refractivity contribution in [3.05, 3.63) is 17.3 Å². The maximum Gasteiger partial charge on any atom is 0.237 e. The second-order valence-electron chi connectivity index (χ2n) is 4.77. The molecule has 20 heavy (non-hydrogen) atoms. The summed E-state index contributed by atoms with van der Waals surface area (Å²) in [5, 5.41) is 8.10. The van der Waals surface area contributed by atoms with E-state index in [1.54, 1.807) is 18.4 Å². The van der Waals surface area contributed by atoms with Gasteiger partial charge in [0.2, 0.25) is 11.8 Å². The van der Waals surface area contributed by atoms with Crippen LogP contribution in [0.15, 0.2) is 11.6 Å². The van der Waals surface area contributed by atoms with Crippen LogP contribution >= 0.6 is 11.3 Å². The van der Waals surface area contributed by atoms with Crippen LogP contribution in [0.3, 0.4) is 0 Å². The minimum absolute atomic E-state index is 0.0634. The maximum absolute atomic E-state index is 11.5. The largest absolute Gasteiger partial charge is 0.480 e. The molecule has 0 saturated carbocycles. The molecular weight excluding hydrogens is 276 g/mol. The summed E-state index contributed by atoms with van der Waals surface area (Å²) in [6.45, 7) is 5.15. The molecule has 0 fully saturated rings. The minimum Gasteiger partial charge on any atom is -0.480 e. The highest BCUT2D eigenvalue weighted by Gasteiger charge is 2.13. The third kappa shape index (κ3) is 3.49. The van der Waals surface area contributed by atoms with E-state index in [1.165, 1.54) is 0 Å². The fourth-order valence-electron chi connectivity index (χ4n) is 1.94. The standard InChI is InChI=1S/C13H20N4O2S/c1-9(2)15-11(18)4-5-14-8-10-12(19-3)16-13-17(10)6-7-20-13/h6-7,9,14H,4-5,8H2,1-3H3,(H,15,18). The number of thiazole rings is 1. The quantitative estimate of drug-likeness (QED) is 0.758. The highest BCUT2D eigenvalue weighted by atomic mass is 32.1. The first-order chi connectivity index (χ1) is 9.61. The minimum atomic E-state index is 0.0634. The summed E-state index contributed by atoms with van der Waals surface area (Å²) in [7, 11) is 1.62. The van der Waals surface area contributed by atoms with E-state index in [2.05, 4.69) is 15.6 Å². The molecule has 7 heteroatoms. The van der Waals surface area contributed by atoms with Gasteiger partial charge in [0, 0.05) is 37.1 Å². The highest BCUT2D eigenvalue weighted by molar-refractivity contribution is 7.15. The zero-order valence-corrected chi connectivity index (χ0v) is 12.8. The van der Waals surface area contributed by atoms with E-state index in [0.29, 0.717) is 25.4 Å². The summed E-state index contributed by atoms with van der Waals surface area (Å²) in [4.78, 5) is 16.8. The van der Waals surface area contributed by atoms with Crippen molar-refractivity contribution in [1.29, 1.82) is 0 Å². The van der Waals surface area contributed by atoms with Crippen LogP contribution in [0.25, 0.3) is 4.96 Å². The van der Waals surface area contributed by atoms with E-state index in [9.17, 15) is 4.79 Å². The fourth-order valence-corrected chi connectivity index (χ4v) is 2.66. The second kappa shape index (κ2) is 6.71. The molecule has 0 unspecified atom stereocenters. The van der Waals surface area contributed by atoms with Crippen LogP contribution in [-0.4, -0.2) is 35.0 Å². The van der Waals surface area contributed by atoms with Crippen molar-refractivity contribution in [2.24, 2.45) is 0 Å². The van der Waals surface area contributed by atoms with Crippen molar-refractivity contribution in [2.45, 2.75) is 32.9 Å². The normalized spacial score (nSPS) is 11.2. The Hall–Kier alpha value is -1.60. The fraction of sp³-hybridized carbons (Fsp3) is 0.538. The number of ether oxygens (including phenoxy) is 1. The van der Waals surface area contributed by atoms with Crippen LogP contribution in [-0.2, 0) is 11.3 Å². The molecule has 0 aromatic carbocycles. The van der Waals surface area contributed by atoms with Gasteiger partial charge in [-0.1, -0.05) is 0 Å². The number of fused-ring (bicyclic) bond motifs is 1. The Labute approximate surface area is 122 Å². The van der Waals surface area contributed by atoms with E-state index in [4.69, 9.17) is 4.74 Å². The number of nitrogens with zero attached hydrogens (tertiary/aromatic N) is 2. The van der Waals surface area contributed by atoms with E-state index in [-0.39, 0.29) is 11.9 Å². The van der Waals surface area contributed by atoms with Crippen LogP contribution in [0.5, 0.6) is 5.88 Å². The zero-order chi connectivity index (χ0) is 14.5. The van der Waals surface area contributed by atoms with Gasteiger partial charge in [0.05, 0.1) is 7.11 Å². The number of hydrogen-bond acceptors (Lipinski definition) is 5. The van der Waals surface area contributed by atoms with Crippen molar-refractivity contribution < 1.29 is 9.53 Å². The Kier molecular flexibility index (Phi) is 4.97. The zero-order valence-electron chi connectivity index (χ0n) is 12.0. The lowest BCUT2D eigenvalue weighted by Crippen LogP contribution is -2.32. The number of rotatable bonds is 7. The Morgan fingerprint density at radius 2 is 2.35 bits per heavy atom. The van der Waals surface area contributed by atoms with Gasteiger partial charge in [-0.2, -0.15) is 4.98 Å². The Morgan fingerprint density at radius 1 is 1.55 bits per heavy atom. The lowest BCUT2D eigenvalue weighted by Gasteiger charge is -2.09. The predicted octanol–water partition coefficient (Wildman–Crippen LogP) is 1.41. The average molecular weight is 296 g/mol. The molecule has 2 aromatic heterocycles. The van der Waals surface area contributed by atoms with Crippen LogP contribution in [0.4, 0.5) is 0 Å². The summed E-state index contributed by atoms with van der Waals surface area (Å²) in [5.74, 6) is 0.699. The van der Waals surface area contributed by atoms with Crippen molar-refractivity contribution in [1.82, 2.24) is 20.0 Å². The average Bonchev–Trinajstić information content (AvgIpc) is 2.94. The van der Waals surface area contributed by atoms with E-state index < -0.39 is 0 Å². The van der Waals surface area contributed by atoms with E-state index in [0.717, 1.165) is 10.7 Å². The van der Waals surface area contributed by atoms with Crippen molar-refractivity contribution in [2.75, 3.05) is 13.7 Å². The molecule has 0 aliphatic rings. The predicted molar refractivity (Wildman–Crippen MR) is 79.2 cm³/mol. The number of aromatic nitrogens is 2. The summed E-state index contributed by atoms with van der Waals surface area (Å²) in [6.07, 6.45) is 2.43. The number of carbonyl (C=O) groups is 1. The third-order valence-corrected chi connectivity index (χ3v) is 3.55. The molecule has 0 aliphatic heterocycles. The summed E-state index contributed by atoms with van der Waals surface area (Å²) in [5.41, 5.74) is 0.980. The third-order valence-electron chi connectivity index (χ3n) is 2.79. The van der Waals surface area contributed by atoms with Gasteiger partial charge in [0.1, 0.15) is 5.69 Å². The van der Waals surface area contributed by atoms with Crippen LogP contribution in [0.2, 0.25) is 0 Å². The lowest BCUT2D eigenvalue weighted by molar-refractivity contribution is -0.121. The van der Waals surface area contributed by atoms with E-state index >= 15 is 0 Å². The van der Waals surface area contributed by atoms with Gasteiger partial charge in [-0.15, -0.1) is 11.3 Å². The number of carbonyl (C=O) groups excluding carboxylic acids is 1. The smallest absolute Gasteiger partial charge is 0.237 e. The first kappa shape index (κ1) is 14.8. The van der Waals surface area contributed by atoms with Crippen LogP contribution < -0.4 is 15.4 Å². The molecule has 2 heterocycles. The number of nitrogens with one attached hydrogen (secondary N) is 2. The Bertz CT molecular complexity index is 576. The summed E-state index contributed by atoms with van der Waals surface area (Å²) >= 11 is 1.57. The molecule has 0 aliphatic carbocycles. The number of hydrogen-bond donors (Lipinski definition) is 2. The molecule has 0 atom stereocenters. The highest BCUT2D eigenvalue weighted by Crippen LogP contribution is 2.22. The molecule has 2 rings (SSSR count). The van der Waals surface area contributed by atoms with Gasteiger partial charge in [0.15, 0.2) is 4.96 Å². The van der Waals surface area contributed by atoms with Crippen LogP contribution in [0.1, 0.15) is 26.0 Å². The second-order valence-corrected chi connectivity index (χ2v) is 5.65. The molecule has 0 radical (unpaired) electrons. The molecule has 1 amide bonds. The summed E-state index contributed by atoms with van der Waals surface area (Å²) in [6, 6.07) is 0.183. The molecule has 2 aromatic rings. The number of imidazole rings is 1. The molecule has 2 N–H and O–H groups in total. The van der Waals surface area contributed by atoms with Gasteiger partial charge in [-0.05, 0) is 13.8 Å². The Morgan fingerprint density at radius 3 is 3.05 bits per heavy atom. The SMILES string of the molecule is COc1nc2sccn2c1CNCCC(=O)NC(C)C. The topological polar surface area (TPSA) is 67.7 Å². The number of amides is 1. The van der Waals surface area contributed by atoms with Crippen molar-refractivity contribution in [3.63, 3.8) is 0 Å². The molecule has 0 spiro atoms. The maximum atomic E-state index is 11.5.